The Kier molecular flexibility index (Phi) is 7.73. The van der Waals surface area contributed by atoms with Crippen LogP contribution < -0.4 is 4.74 Å². The number of esters is 1. The molecule has 3 heterocycles. The molecule has 0 radical (unpaired) electrons. The summed E-state index contributed by atoms with van der Waals surface area (Å²) in [6.07, 6.45) is 4.77. The van der Waals surface area contributed by atoms with Crippen LogP contribution in [0.3, 0.4) is 0 Å². The summed E-state index contributed by atoms with van der Waals surface area (Å²) in [5, 5.41) is 9.12. The number of carbonyl (C=O) groups excluding carboxylic acids is 2. The van der Waals surface area contributed by atoms with Crippen LogP contribution in [0.4, 0.5) is 0 Å². The maximum absolute atomic E-state index is 13.5. The van der Waals surface area contributed by atoms with Crippen molar-refractivity contribution in [1.82, 2.24) is 29.9 Å². The number of benzene rings is 1. The molecule has 1 saturated heterocycles. The number of rotatable bonds is 8. The fraction of sp³-hybridized carbons (Fsp3) is 0.391. The molecule has 3 aromatic rings. The molecule has 1 aromatic carbocycles. The normalized spacial score (nSPS) is 15.7. The topological polar surface area (TPSA) is 112 Å². The lowest BCUT2D eigenvalue weighted by atomic mass is 9.98. The lowest BCUT2D eigenvalue weighted by molar-refractivity contribution is -0.149. The maximum Gasteiger partial charge on any atom is 0.310 e. The van der Waals surface area contributed by atoms with E-state index in [0.29, 0.717) is 48.5 Å². The summed E-state index contributed by atoms with van der Waals surface area (Å²) in [4.78, 5) is 35.9. The zero-order valence-electron chi connectivity index (χ0n) is 19.1. The van der Waals surface area contributed by atoms with Crippen LogP contribution in [0.1, 0.15) is 35.9 Å². The fourth-order valence-electron chi connectivity index (χ4n) is 3.78. The quantitative estimate of drug-likeness (QED) is 0.272. The molecule has 11 heteroatoms. The van der Waals surface area contributed by atoms with E-state index < -0.39 is 0 Å². The number of hydrogen-bond acceptors (Lipinski definition) is 9. The molecular formula is C23H26N6O4S. The molecule has 0 saturated carbocycles. The van der Waals surface area contributed by atoms with Crippen molar-refractivity contribution in [2.45, 2.75) is 30.7 Å². The highest BCUT2D eigenvalue weighted by Crippen LogP contribution is 2.26. The maximum atomic E-state index is 13.5. The largest absolute Gasteiger partial charge is 0.497 e. The van der Waals surface area contributed by atoms with Gasteiger partial charge < -0.3 is 14.4 Å². The number of thioether (sulfide) groups is 1. The average Bonchev–Trinajstić information content (AvgIpc) is 3.31. The number of nitrogens with zero attached hydrogens (tertiary/aromatic N) is 6. The first kappa shape index (κ1) is 23.7. The second kappa shape index (κ2) is 11.1. The van der Waals surface area contributed by atoms with E-state index in [1.54, 1.807) is 42.1 Å². The van der Waals surface area contributed by atoms with Crippen molar-refractivity contribution in [3.8, 4) is 11.4 Å². The summed E-state index contributed by atoms with van der Waals surface area (Å²) in [7, 11) is 1.60. The van der Waals surface area contributed by atoms with Crippen LogP contribution >= 0.6 is 11.8 Å². The highest BCUT2D eigenvalue weighted by molar-refractivity contribution is 7.98. The summed E-state index contributed by atoms with van der Waals surface area (Å²) in [6, 6.07) is 9.10. The molecule has 1 amide bonds. The molecule has 4 rings (SSSR count). The summed E-state index contributed by atoms with van der Waals surface area (Å²) < 4.78 is 12.1. The average molecular weight is 483 g/mol. The first-order chi connectivity index (χ1) is 16.6. The minimum atomic E-state index is -0.329. The highest BCUT2D eigenvalue weighted by Gasteiger charge is 2.32. The molecule has 10 nitrogen and oxygen atoms in total. The third-order valence-corrected chi connectivity index (χ3v) is 6.38. The Bertz CT molecular complexity index is 1120. The van der Waals surface area contributed by atoms with Crippen LogP contribution in [0.5, 0.6) is 5.75 Å². The van der Waals surface area contributed by atoms with Gasteiger partial charge in [-0.1, -0.05) is 17.0 Å². The van der Waals surface area contributed by atoms with Gasteiger partial charge in [-0.2, -0.15) is 0 Å². The smallest absolute Gasteiger partial charge is 0.310 e. The number of amides is 1. The summed E-state index contributed by atoms with van der Waals surface area (Å²) in [5.41, 5.74) is 1.63. The Morgan fingerprint density at radius 2 is 1.94 bits per heavy atom. The standard InChI is InChI=1S/C23H26N6O4S/c1-3-33-22(31)16-6-4-13-28(14-16)21(30)20-19(15-34-23-24-11-5-12-25-23)29(27-26-20)17-7-9-18(32-2)10-8-17/h5,7-12,16H,3-4,6,13-15H2,1-2H3. The lowest BCUT2D eigenvalue weighted by Crippen LogP contribution is -2.43. The van der Waals surface area contributed by atoms with E-state index in [2.05, 4.69) is 20.3 Å². The SMILES string of the molecule is CCOC(=O)C1CCCN(C(=O)c2nnn(-c3ccc(OC)cc3)c2CSc2ncccn2)C1. The molecule has 0 bridgehead atoms. The van der Waals surface area contributed by atoms with Gasteiger partial charge in [-0.05, 0) is 50.1 Å². The second-order valence-electron chi connectivity index (χ2n) is 7.66. The van der Waals surface area contributed by atoms with Crippen molar-refractivity contribution in [3.05, 3.63) is 54.1 Å². The highest BCUT2D eigenvalue weighted by atomic mass is 32.2. The van der Waals surface area contributed by atoms with Gasteiger partial charge in [-0.3, -0.25) is 9.59 Å². The molecular weight excluding hydrogens is 456 g/mol. The van der Waals surface area contributed by atoms with Crippen molar-refractivity contribution in [1.29, 1.82) is 0 Å². The van der Waals surface area contributed by atoms with Crippen molar-refractivity contribution in [2.75, 3.05) is 26.8 Å². The molecule has 1 fully saturated rings. The van der Waals surface area contributed by atoms with Crippen molar-refractivity contribution in [2.24, 2.45) is 5.92 Å². The van der Waals surface area contributed by atoms with Crippen LogP contribution in [0.25, 0.3) is 5.69 Å². The van der Waals surface area contributed by atoms with Gasteiger partial charge in [0.2, 0.25) is 0 Å². The van der Waals surface area contributed by atoms with Gasteiger partial charge in [-0.15, -0.1) is 5.10 Å². The third kappa shape index (κ3) is 5.36. The molecule has 1 aliphatic heterocycles. The van der Waals surface area contributed by atoms with Crippen LogP contribution in [0.15, 0.2) is 47.9 Å². The van der Waals surface area contributed by atoms with E-state index in [-0.39, 0.29) is 23.5 Å². The molecule has 1 atom stereocenters. The third-order valence-electron chi connectivity index (χ3n) is 5.49. The minimum Gasteiger partial charge on any atom is -0.497 e. The molecule has 0 spiro atoms. The Hall–Kier alpha value is -3.47. The van der Waals surface area contributed by atoms with Gasteiger partial charge in [-0.25, -0.2) is 14.6 Å². The monoisotopic (exact) mass is 482 g/mol. The summed E-state index contributed by atoms with van der Waals surface area (Å²) >= 11 is 1.39. The van der Waals surface area contributed by atoms with E-state index in [1.807, 2.05) is 24.3 Å². The molecule has 178 valence electrons. The van der Waals surface area contributed by atoms with E-state index in [4.69, 9.17) is 9.47 Å². The lowest BCUT2D eigenvalue weighted by Gasteiger charge is -2.31. The molecule has 2 aromatic heterocycles. The van der Waals surface area contributed by atoms with Crippen LogP contribution in [0, 0.1) is 5.92 Å². The van der Waals surface area contributed by atoms with Crippen molar-refractivity contribution < 1.29 is 19.1 Å². The van der Waals surface area contributed by atoms with E-state index in [0.717, 1.165) is 12.1 Å². The van der Waals surface area contributed by atoms with E-state index >= 15 is 0 Å². The van der Waals surface area contributed by atoms with E-state index in [9.17, 15) is 9.59 Å². The predicted octanol–water partition coefficient (Wildman–Crippen LogP) is 2.77. The van der Waals surface area contributed by atoms with Gasteiger partial charge in [0.05, 0.1) is 31.0 Å². The van der Waals surface area contributed by atoms with Gasteiger partial charge in [0.25, 0.3) is 5.91 Å². The molecule has 1 aliphatic rings. The van der Waals surface area contributed by atoms with Crippen molar-refractivity contribution >= 4 is 23.6 Å². The summed E-state index contributed by atoms with van der Waals surface area (Å²) in [6.45, 7) is 2.96. The number of ether oxygens (including phenoxy) is 2. The van der Waals surface area contributed by atoms with Crippen LogP contribution in [0.2, 0.25) is 0 Å². The fourth-order valence-corrected chi connectivity index (χ4v) is 4.58. The second-order valence-corrected chi connectivity index (χ2v) is 8.60. The zero-order chi connectivity index (χ0) is 23.9. The van der Waals surface area contributed by atoms with Gasteiger partial charge >= 0.3 is 5.97 Å². The molecule has 1 unspecified atom stereocenters. The minimum absolute atomic E-state index is 0.252. The summed E-state index contributed by atoms with van der Waals surface area (Å²) in [5.74, 6) is 0.258. The van der Waals surface area contributed by atoms with Gasteiger partial charge in [0.1, 0.15) is 5.75 Å². The first-order valence-corrected chi connectivity index (χ1v) is 12.0. The Morgan fingerprint density at radius 1 is 1.18 bits per heavy atom. The van der Waals surface area contributed by atoms with Crippen LogP contribution in [-0.2, 0) is 15.3 Å². The number of aromatic nitrogens is 5. The number of carbonyl (C=O) groups is 2. The Labute approximate surface area is 201 Å². The first-order valence-electron chi connectivity index (χ1n) is 11.1. The number of likely N-dealkylation sites (tertiary alicyclic amines) is 1. The molecule has 34 heavy (non-hydrogen) atoms. The number of methoxy groups -OCH3 is 1. The number of hydrogen-bond donors (Lipinski definition) is 0. The molecule has 0 aliphatic carbocycles. The van der Waals surface area contributed by atoms with Crippen LogP contribution in [-0.4, -0.2) is 68.5 Å². The van der Waals surface area contributed by atoms with Gasteiger partial charge in [0, 0.05) is 31.2 Å². The predicted molar refractivity (Wildman–Crippen MR) is 125 cm³/mol. The van der Waals surface area contributed by atoms with Crippen molar-refractivity contribution in [3.63, 3.8) is 0 Å². The van der Waals surface area contributed by atoms with Gasteiger partial charge in [0.15, 0.2) is 10.9 Å². The zero-order valence-corrected chi connectivity index (χ0v) is 19.9. The Balaban J connectivity index is 1.62. The Morgan fingerprint density at radius 3 is 2.65 bits per heavy atom. The molecule has 0 N–H and O–H groups in total. The van der Waals surface area contributed by atoms with E-state index in [1.165, 1.54) is 11.8 Å². The number of piperidine rings is 1.